The third-order valence-electron chi connectivity index (χ3n) is 1.92. The minimum absolute atomic E-state index is 0.0985. The highest BCUT2D eigenvalue weighted by atomic mass is 79.9. The van der Waals surface area contributed by atoms with Crippen molar-refractivity contribution in [3.8, 4) is 0 Å². The zero-order chi connectivity index (χ0) is 11.9. The van der Waals surface area contributed by atoms with Gasteiger partial charge in [-0.25, -0.2) is 0 Å². The first kappa shape index (κ1) is 12.3. The fourth-order valence-corrected chi connectivity index (χ4v) is 2.88. The lowest BCUT2D eigenvalue weighted by atomic mass is 10.4. The van der Waals surface area contributed by atoms with Crippen molar-refractivity contribution in [1.82, 2.24) is 4.90 Å². The summed E-state index contributed by atoms with van der Waals surface area (Å²) in [6, 6.07) is 1.78. The van der Waals surface area contributed by atoms with E-state index in [2.05, 4.69) is 31.9 Å². The highest BCUT2D eigenvalue weighted by Crippen LogP contribution is 2.33. The monoisotopic (exact) mass is 381 g/mol. The van der Waals surface area contributed by atoms with Gasteiger partial charge in [-0.05, 0) is 37.9 Å². The van der Waals surface area contributed by atoms with E-state index in [9.17, 15) is 4.79 Å². The van der Waals surface area contributed by atoms with E-state index < -0.39 is 0 Å². The molecule has 1 aromatic heterocycles. The van der Waals surface area contributed by atoms with Gasteiger partial charge >= 0.3 is 0 Å². The summed E-state index contributed by atoms with van der Waals surface area (Å²) in [5.74, 6) is 0.506. The number of carbonyl (C=O) groups is 1. The Balaban J connectivity index is 2.32. The van der Waals surface area contributed by atoms with E-state index in [1.807, 2.05) is 0 Å². The second-order valence-electron chi connectivity index (χ2n) is 3.01. The Morgan fingerprint density at radius 2 is 2.25 bits per heavy atom. The molecule has 1 aliphatic heterocycles. The summed E-state index contributed by atoms with van der Waals surface area (Å²) in [7, 11) is 1.66. The maximum absolute atomic E-state index is 11.7. The van der Waals surface area contributed by atoms with Crippen molar-refractivity contribution < 1.29 is 9.21 Å². The van der Waals surface area contributed by atoms with Crippen molar-refractivity contribution in [3.63, 3.8) is 0 Å². The second kappa shape index (κ2) is 4.64. The fraction of sp³-hybridized carbons (Fsp3) is 0.111. The summed E-state index contributed by atoms with van der Waals surface area (Å²) in [5.41, 5.74) is 0. The average molecular weight is 383 g/mol. The number of thiocarbonyl (C=S) groups is 1. The van der Waals surface area contributed by atoms with Gasteiger partial charge in [-0.1, -0.05) is 24.0 Å². The van der Waals surface area contributed by atoms with E-state index in [1.165, 1.54) is 16.7 Å². The van der Waals surface area contributed by atoms with Gasteiger partial charge < -0.3 is 4.42 Å². The van der Waals surface area contributed by atoms with Crippen molar-refractivity contribution in [2.45, 2.75) is 0 Å². The molecule has 84 valence electrons. The van der Waals surface area contributed by atoms with Crippen molar-refractivity contribution in [1.29, 1.82) is 0 Å². The van der Waals surface area contributed by atoms with Crippen LogP contribution in [-0.2, 0) is 4.79 Å². The molecular formula is C9H5Br2NO2S2. The third kappa shape index (κ3) is 2.27. The van der Waals surface area contributed by atoms with Gasteiger partial charge in [-0.3, -0.25) is 9.69 Å². The molecule has 0 bridgehead atoms. The van der Waals surface area contributed by atoms with E-state index in [0.29, 0.717) is 19.7 Å². The van der Waals surface area contributed by atoms with Gasteiger partial charge in [0.25, 0.3) is 5.91 Å². The third-order valence-corrected chi connectivity index (χ3v) is 5.12. The molecule has 0 spiro atoms. The molecule has 7 heteroatoms. The first-order valence-electron chi connectivity index (χ1n) is 4.15. The Labute approximate surface area is 118 Å². The summed E-state index contributed by atoms with van der Waals surface area (Å²) in [6.07, 6.45) is 1.68. The zero-order valence-electron chi connectivity index (χ0n) is 7.99. The van der Waals surface area contributed by atoms with Crippen LogP contribution in [0.2, 0.25) is 0 Å². The first-order valence-corrected chi connectivity index (χ1v) is 6.96. The van der Waals surface area contributed by atoms with Gasteiger partial charge in [0.1, 0.15) is 10.1 Å². The molecule has 0 N–H and O–H groups in total. The lowest BCUT2D eigenvalue weighted by molar-refractivity contribution is -0.121. The summed E-state index contributed by atoms with van der Waals surface area (Å²) in [4.78, 5) is 13.7. The summed E-state index contributed by atoms with van der Waals surface area (Å²) >= 11 is 12.8. The summed E-state index contributed by atoms with van der Waals surface area (Å²) in [6.45, 7) is 0. The fourth-order valence-electron chi connectivity index (χ4n) is 1.11. The van der Waals surface area contributed by atoms with Crippen LogP contribution in [-0.4, -0.2) is 22.2 Å². The van der Waals surface area contributed by atoms with Gasteiger partial charge in [0.2, 0.25) is 0 Å². The van der Waals surface area contributed by atoms with Crippen LogP contribution in [0.25, 0.3) is 6.08 Å². The van der Waals surface area contributed by atoms with Crippen LogP contribution in [0.1, 0.15) is 5.76 Å². The van der Waals surface area contributed by atoms with Crippen LogP contribution >= 0.6 is 55.8 Å². The number of hydrogen-bond acceptors (Lipinski definition) is 4. The molecular weight excluding hydrogens is 378 g/mol. The molecule has 0 saturated carbocycles. The number of thioether (sulfide) groups is 1. The number of amides is 1. The summed E-state index contributed by atoms with van der Waals surface area (Å²) in [5, 5.41) is 0. The molecule has 1 fully saturated rings. The molecule has 1 aromatic rings. The predicted molar refractivity (Wildman–Crippen MR) is 75.0 cm³/mol. The molecule has 0 unspecified atom stereocenters. The van der Waals surface area contributed by atoms with Crippen molar-refractivity contribution in [2.75, 3.05) is 7.05 Å². The molecule has 0 aliphatic carbocycles. The highest BCUT2D eigenvalue weighted by molar-refractivity contribution is 9.13. The lowest BCUT2D eigenvalue weighted by Crippen LogP contribution is -2.22. The van der Waals surface area contributed by atoms with Crippen molar-refractivity contribution in [3.05, 3.63) is 25.9 Å². The highest BCUT2D eigenvalue weighted by Gasteiger charge is 2.29. The smallest absolute Gasteiger partial charge is 0.266 e. The molecule has 2 rings (SSSR count). The van der Waals surface area contributed by atoms with Crippen LogP contribution in [0.4, 0.5) is 0 Å². The van der Waals surface area contributed by atoms with E-state index in [0.717, 1.165) is 4.47 Å². The van der Waals surface area contributed by atoms with Crippen molar-refractivity contribution in [2.24, 2.45) is 0 Å². The number of likely N-dealkylation sites (N-methyl/N-ethyl adjacent to an activating group) is 1. The van der Waals surface area contributed by atoms with Gasteiger partial charge in [0.05, 0.1) is 9.38 Å². The largest absolute Gasteiger partial charge is 0.449 e. The van der Waals surface area contributed by atoms with Gasteiger partial charge in [0, 0.05) is 13.1 Å². The number of carbonyl (C=O) groups excluding carboxylic acids is 1. The van der Waals surface area contributed by atoms with Gasteiger partial charge in [-0.15, -0.1) is 0 Å². The quantitative estimate of drug-likeness (QED) is 0.548. The Morgan fingerprint density at radius 3 is 2.69 bits per heavy atom. The van der Waals surface area contributed by atoms with Gasteiger partial charge in [-0.2, -0.15) is 0 Å². The standard InChI is InChI=1S/C9H5Br2NO2S2/c1-12-8(13)6(16-9(12)15)3-4-2-5(10)7(11)14-4/h2-3H,1H3/b6-3-. The maximum atomic E-state index is 11.7. The van der Waals surface area contributed by atoms with E-state index in [-0.39, 0.29) is 5.91 Å². The van der Waals surface area contributed by atoms with Crippen LogP contribution in [0.5, 0.6) is 0 Å². The topological polar surface area (TPSA) is 33.5 Å². The van der Waals surface area contributed by atoms with Crippen LogP contribution in [0, 0.1) is 0 Å². The molecule has 0 aromatic carbocycles. The number of furan rings is 1. The molecule has 16 heavy (non-hydrogen) atoms. The normalized spacial score (nSPS) is 18.9. The molecule has 2 heterocycles. The summed E-state index contributed by atoms with van der Waals surface area (Å²) < 4.78 is 7.33. The zero-order valence-corrected chi connectivity index (χ0v) is 12.8. The molecule has 0 radical (unpaired) electrons. The molecule has 1 amide bonds. The predicted octanol–water partition coefficient (Wildman–Crippen LogP) is 3.64. The SMILES string of the molecule is CN1C(=O)/C(=C/c2cc(Br)c(Br)o2)SC1=S. The number of halogens is 2. The molecule has 1 aliphatic rings. The number of nitrogens with zero attached hydrogens (tertiary/aromatic N) is 1. The first-order chi connectivity index (χ1) is 7.49. The second-order valence-corrected chi connectivity index (χ2v) is 6.26. The molecule has 1 saturated heterocycles. The van der Waals surface area contributed by atoms with E-state index >= 15 is 0 Å². The Hall–Kier alpha value is -0.110. The maximum Gasteiger partial charge on any atom is 0.266 e. The van der Waals surface area contributed by atoms with Crippen LogP contribution < -0.4 is 0 Å². The van der Waals surface area contributed by atoms with Crippen LogP contribution in [0.3, 0.4) is 0 Å². The average Bonchev–Trinajstić information content (AvgIpc) is 2.64. The minimum atomic E-state index is -0.0985. The van der Waals surface area contributed by atoms with E-state index in [4.69, 9.17) is 16.6 Å². The number of hydrogen-bond donors (Lipinski definition) is 0. The Kier molecular flexibility index (Phi) is 3.58. The van der Waals surface area contributed by atoms with Gasteiger partial charge in [0.15, 0.2) is 4.67 Å². The lowest BCUT2D eigenvalue weighted by Gasteiger charge is -2.03. The minimum Gasteiger partial charge on any atom is -0.449 e. The Bertz CT molecular complexity index is 490. The number of rotatable bonds is 1. The van der Waals surface area contributed by atoms with Crippen molar-refractivity contribution >= 4 is 72.1 Å². The Morgan fingerprint density at radius 1 is 1.56 bits per heavy atom. The van der Waals surface area contributed by atoms with E-state index in [1.54, 1.807) is 19.2 Å². The molecule has 0 atom stereocenters. The molecule has 3 nitrogen and oxygen atoms in total. The van der Waals surface area contributed by atoms with Crippen LogP contribution in [0.15, 0.2) is 24.5 Å².